The van der Waals surface area contributed by atoms with Gasteiger partial charge in [-0.25, -0.2) is 0 Å². The first kappa shape index (κ1) is 15.0. The zero-order valence-electron chi connectivity index (χ0n) is 12.2. The average molecular weight is 272 g/mol. The first-order valence-corrected chi connectivity index (χ1v) is 7.53. The van der Waals surface area contributed by atoms with Crippen LogP contribution >= 0.6 is 0 Å². The molecule has 2 N–H and O–H groups in total. The summed E-state index contributed by atoms with van der Waals surface area (Å²) < 4.78 is 0. The quantitative estimate of drug-likeness (QED) is 0.829. The van der Waals surface area contributed by atoms with E-state index < -0.39 is 5.54 Å². The highest BCUT2D eigenvalue weighted by Crippen LogP contribution is 2.28. The molecule has 20 heavy (non-hydrogen) atoms. The van der Waals surface area contributed by atoms with Crippen molar-refractivity contribution in [3.05, 3.63) is 35.9 Å². The zero-order valence-corrected chi connectivity index (χ0v) is 12.2. The molecule has 1 aliphatic carbocycles. The summed E-state index contributed by atoms with van der Waals surface area (Å²) in [5, 5.41) is 22.8. The SMILES string of the molecule is CC(CO)(NC1CCCCCC1C#N)c1ccccc1. The van der Waals surface area contributed by atoms with Gasteiger partial charge in [0.2, 0.25) is 0 Å². The lowest BCUT2D eigenvalue weighted by molar-refractivity contribution is 0.150. The van der Waals surface area contributed by atoms with Crippen molar-refractivity contribution in [3.8, 4) is 6.07 Å². The number of benzene rings is 1. The molecule has 0 aromatic heterocycles. The van der Waals surface area contributed by atoms with E-state index in [9.17, 15) is 10.4 Å². The second kappa shape index (κ2) is 6.88. The van der Waals surface area contributed by atoms with Gasteiger partial charge in [-0.1, -0.05) is 49.6 Å². The number of hydrogen-bond donors (Lipinski definition) is 2. The number of rotatable bonds is 4. The van der Waals surface area contributed by atoms with Gasteiger partial charge in [0.15, 0.2) is 0 Å². The predicted octanol–water partition coefficient (Wildman–Crippen LogP) is 2.96. The van der Waals surface area contributed by atoms with Crippen LogP contribution in [0.15, 0.2) is 30.3 Å². The fraction of sp³-hybridized carbons (Fsp3) is 0.588. The Morgan fingerprint density at radius 1 is 1.25 bits per heavy atom. The van der Waals surface area contributed by atoms with Crippen LogP contribution in [0.2, 0.25) is 0 Å². The van der Waals surface area contributed by atoms with Crippen LogP contribution in [0.3, 0.4) is 0 Å². The molecule has 0 amide bonds. The largest absolute Gasteiger partial charge is 0.394 e. The van der Waals surface area contributed by atoms with Crippen molar-refractivity contribution in [1.82, 2.24) is 5.32 Å². The van der Waals surface area contributed by atoms with Gasteiger partial charge in [-0.15, -0.1) is 0 Å². The van der Waals surface area contributed by atoms with Gasteiger partial charge < -0.3 is 10.4 Å². The van der Waals surface area contributed by atoms with Crippen LogP contribution < -0.4 is 5.32 Å². The van der Waals surface area contributed by atoms with Gasteiger partial charge in [0, 0.05) is 6.04 Å². The van der Waals surface area contributed by atoms with Crippen LogP contribution in [0.1, 0.15) is 44.6 Å². The standard InChI is InChI=1S/C17H24N2O/c1-17(13-20,15-9-5-3-6-10-15)19-16-11-7-2-4-8-14(16)12-18/h3,5-6,9-10,14,16,19-20H,2,4,7-8,11,13H2,1H3. The van der Waals surface area contributed by atoms with Crippen molar-refractivity contribution in [2.45, 2.75) is 50.6 Å². The lowest BCUT2D eigenvalue weighted by Crippen LogP contribution is -2.50. The number of aliphatic hydroxyl groups is 1. The third kappa shape index (κ3) is 3.39. The summed E-state index contributed by atoms with van der Waals surface area (Å²) >= 11 is 0. The molecular formula is C17H24N2O. The lowest BCUT2D eigenvalue weighted by atomic mass is 9.88. The monoisotopic (exact) mass is 272 g/mol. The van der Waals surface area contributed by atoms with Crippen LogP contribution in [-0.4, -0.2) is 17.8 Å². The van der Waals surface area contributed by atoms with E-state index in [0.29, 0.717) is 0 Å². The summed E-state index contributed by atoms with van der Waals surface area (Å²) in [5.74, 6) is 0.0482. The molecule has 0 bridgehead atoms. The first-order chi connectivity index (χ1) is 9.69. The summed E-state index contributed by atoms with van der Waals surface area (Å²) in [7, 11) is 0. The van der Waals surface area contributed by atoms with E-state index >= 15 is 0 Å². The van der Waals surface area contributed by atoms with E-state index in [-0.39, 0.29) is 18.6 Å². The van der Waals surface area contributed by atoms with E-state index in [1.807, 2.05) is 37.3 Å². The molecule has 3 atom stereocenters. The highest BCUT2D eigenvalue weighted by molar-refractivity contribution is 5.24. The molecule has 3 nitrogen and oxygen atoms in total. The summed E-state index contributed by atoms with van der Waals surface area (Å²) in [6, 6.07) is 12.6. The van der Waals surface area contributed by atoms with E-state index in [0.717, 1.165) is 31.2 Å². The fourth-order valence-electron chi connectivity index (χ4n) is 3.07. The van der Waals surface area contributed by atoms with Crippen LogP contribution in [0.25, 0.3) is 0 Å². The van der Waals surface area contributed by atoms with Crippen LogP contribution in [0, 0.1) is 17.2 Å². The van der Waals surface area contributed by atoms with Crippen LogP contribution in [-0.2, 0) is 5.54 Å². The van der Waals surface area contributed by atoms with Gasteiger partial charge in [-0.2, -0.15) is 5.26 Å². The van der Waals surface area contributed by atoms with Crippen LogP contribution in [0.5, 0.6) is 0 Å². The Balaban J connectivity index is 2.18. The Kier molecular flexibility index (Phi) is 5.17. The highest BCUT2D eigenvalue weighted by Gasteiger charge is 2.32. The molecule has 1 saturated carbocycles. The maximum atomic E-state index is 9.85. The summed E-state index contributed by atoms with van der Waals surface area (Å²) in [6.07, 6.45) is 5.48. The molecule has 0 radical (unpaired) electrons. The minimum Gasteiger partial charge on any atom is -0.394 e. The van der Waals surface area contributed by atoms with Gasteiger partial charge in [0.05, 0.1) is 24.1 Å². The zero-order chi connectivity index (χ0) is 14.4. The van der Waals surface area contributed by atoms with Gasteiger partial charge >= 0.3 is 0 Å². The van der Waals surface area contributed by atoms with Crippen molar-refractivity contribution < 1.29 is 5.11 Å². The Morgan fingerprint density at radius 2 is 1.95 bits per heavy atom. The predicted molar refractivity (Wildman–Crippen MR) is 80.0 cm³/mol. The van der Waals surface area contributed by atoms with Crippen LogP contribution in [0.4, 0.5) is 0 Å². The molecule has 1 aromatic carbocycles. The van der Waals surface area contributed by atoms with Crippen molar-refractivity contribution >= 4 is 0 Å². The molecule has 1 aliphatic rings. The molecule has 108 valence electrons. The molecule has 2 rings (SSSR count). The van der Waals surface area contributed by atoms with Crippen molar-refractivity contribution in [3.63, 3.8) is 0 Å². The highest BCUT2D eigenvalue weighted by atomic mass is 16.3. The van der Waals surface area contributed by atoms with Gasteiger partial charge in [0.1, 0.15) is 0 Å². The summed E-state index contributed by atoms with van der Waals surface area (Å²) in [4.78, 5) is 0. The molecule has 0 spiro atoms. The fourth-order valence-corrected chi connectivity index (χ4v) is 3.07. The second-order valence-electron chi connectivity index (χ2n) is 5.98. The minimum atomic E-state index is -0.481. The number of nitrogens with one attached hydrogen (secondary N) is 1. The average Bonchev–Trinajstić information content (AvgIpc) is 2.73. The van der Waals surface area contributed by atoms with E-state index in [2.05, 4.69) is 11.4 Å². The summed E-state index contributed by atoms with van der Waals surface area (Å²) in [5.41, 5.74) is 0.592. The smallest absolute Gasteiger partial charge is 0.0672 e. The second-order valence-corrected chi connectivity index (χ2v) is 5.98. The summed E-state index contributed by atoms with van der Waals surface area (Å²) in [6.45, 7) is 2.05. The van der Waals surface area contributed by atoms with Gasteiger partial charge in [0.25, 0.3) is 0 Å². The van der Waals surface area contributed by atoms with Crippen molar-refractivity contribution in [1.29, 1.82) is 5.26 Å². The van der Waals surface area contributed by atoms with E-state index in [1.54, 1.807) is 0 Å². The molecule has 1 aromatic rings. The molecule has 0 heterocycles. The number of nitriles is 1. The number of hydrogen-bond acceptors (Lipinski definition) is 3. The van der Waals surface area contributed by atoms with E-state index in [1.165, 1.54) is 6.42 Å². The number of aliphatic hydroxyl groups excluding tert-OH is 1. The molecule has 1 fully saturated rings. The third-order valence-electron chi connectivity index (χ3n) is 4.41. The molecule has 3 unspecified atom stereocenters. The lowest BCUT2D eigenvalue weighted by Gasteiger charge is -2.35. The maximum absolute atomic E-state index is 9.85. The van der Waals surface area contributed by atoms with Crippen molar-refractivity contribution in [2.75, 3.05) is 6.61 Å². The first-order valence-electron chi connectivity index (χ1n) is 7.53. The molecule has 3 heteroatoms. The normalized spacial score (nSPS) is 26.2. The Labute approximate surface area is 121 Å². The van der Waals surface area contributed by atoms with Gasteiger partial charge in [-0.05, 0) is 25.3 Å². The Hall–Kier alpha value is -1.37. The van der Waals surface area contributed by atoms with Crippen molar-refractivity contribution in [2.24, 2.45) is 5.92 Å². The molecular weight excluding hydrogens is 248 g/mol. The van der Waals surface area contributed by atoms with E-state index in [4.69, 9.17) is 0 Å². The molecule has 0 aliphatic heterocycles. The topological polar surface area (TPSA) is 56.0 Å². The maximum Gasteiger partial charge on any atom is 0.0672 e. The Morgan fingerprint density at radius 3 is 2.60 bits per heavy atom. The number of nitrogens with zero attached hydrogens (tertiary/aromatic N) is 1. The minimum absolute atomic E-state index is 0.0334. The van der Waals surface area contributed by atoms with Gasteiger partial charge in [-0.3, -0.25) is 0 Å². The Bertz CT molecular complexity index is 454. The molecule has 0 saturated heterocycles. The third-order valence-corrected chi connectivity index (χ3v) is 4.41.